The highest BCUT2D eigenvalue weighted by Crippen LogP contribution is 2.19. The second-order valence-electron chi connectivity index (χ2n) is 6.48. The summed E-state index contributed by atoms with van der Waals surface area (Å²) in [7, 11) is 0. The minimum atomic E-state index is -1.55. The molecule has 3 atom stereocenters. The molecule has 156 valence electrons. The molecule has 2 rings (SSSR count). The molecule has 0 fully saturated rings. The molecule has 1 aromatic heterocycles. The molecule has 0 aliphatic rings. The number of amides is 3. The molecule has 1 aromatic carbocycles. The smallest absolute Gasteiger partial charge is 0.326 e. The molecule has 0 aliphatic heterocycles. The van der Waals surface area contributed by atoms with E-state index in [0.717, 1.165) is 10.9 Å². The van der Waals surface area contributed by atoms with Crippen molar-refractivity contribution in [2.24, 2.45) is 11.5 Å². The number of para-hydroxylation sites is 1. The number of nitrogens with one attached hydrogen (secondary N) is 3. The number of carbonyl (C=O) groups excluding carboxylic acids is 3. The van der Waals surface area contributed by atoms with Crippen LogP contribution in [-0.2, 0) is 25.6 Å². The lowest BCUT2D eigenvalue weighted by Gasteiger charge is -2.22. The number of aromatic amines is 1. The number of aromatic nitrogens is 1. The van der Waals surface area contributed by atoms with Crippen molar-refractivity contribution in [2.75, 3.05) is 6.61 Å². The maximum Gasteiger partial charge on any atom is 0.326 e. The Bertz CT molecular complexity index is 911. The topological polar surface area (TPSA) is 201 Å². The zero-order valence-corrected chi connectivity index (χ0v) is 15.4. The normalized spacial score (nSPS) is 14.0. The fourth-order valence-electron chi connectivity index (χ4n) is 2.76. The summed E-state index contributed by atoms with van der Waals surface area (Å²) in [5.74, 6) is -3.96. The minimum Gasteiger partial charge on any atom is -0.480 e. The van der Waals surface area contributed by atoms with Crippen LogP contribution in [0.3, 0.4) is 0 Å². The van der Waals surface area contributed by atoms with E-state index < -0.39 is 54.8 Å². The summed E-state index contributed by atoms with van der Waals surface area (Å²) < 4.78 is 0. The zero-order valence-electron chi connectivity index (χ0n) is 15.4. The maximum atomic E-state index is 12.7. The van der Waals surface area contributed by atoms with Gasteiger partial charge in [-0.2, -0.15) is 0 Å². The third-order valence-electron chi connectivity index (χ3n) is 4.29. The van der Waals surface area contributed by atoms with Crippen LogP contribution in [0.25, 0.3) is 10.9 Å². The number of carboxylic acids is 1. The van der Waals surface area contributed by atoms with Crippen LogP contribution < -0.4 is 22.1 Å². The second-order valence-corrected chi connectivity index (χ2v) is 6.48. The molecule has 0 bridgehead atoms. The number of aliphatic hydroxyl groups is 1. The van der Waals surface area contributed by atoms with Gasteiger partial charge in [-0.15, -0.1) is 0 Å². The number of benzene rings is 1. The van der Waals surface area contributed by atoms with E-state index >= 15 is 0 Å². The van der Waals surface area contributed by atoms with E-state index in [-0.39, 0.29) is 6.42 Å². The van der Waals surface area contributed by atoms with Gasteiger partial charge in [-0.25, -0.2) is 4.79 Å². The molecule has 0 spiro atoms. The number of hydrogen-bond acceptors (Lipinski definition) is 6. The van der Waals surface area contributed by atoms with Crippen LogP contribution in [0.4, 0.5) is 0 Å². The number of aliphatic carboxylic acids is 1. The molecule has 0 saturated carbocycles. The van der Waals surface area contributed by atoms with Gasteiger partial charge in [-0.05, 0) is 11.6 Å². The molecule has 1 heterocycles. The number of fused-ring (bicyclic) bond motifs is 1. The Labute approximate surface area is 165 Å². The predicted molar refractivity (Wildman–Crippen MR) is 102 cm³/mol. The molecule has 3 unspecified atom stereocenters. The Morgan fingerprint density at radius 2 is 1.72 bits per heavy atom. The van der Waals surface area contributed by atoms with Crippen molar-refractivity contribution in [3.8, 4) is 0 Å². The van der Waals surface area contributed by atoms with E-state index in [0.29, 0.717) is 5.56 Å². The Kier molecular flexibility index (Phi) is 7.28. The lowest BCUT2D eigenvalue weighted by atomic mass is 10.0. The molecular weight excluding hydrogens is 382 g/mol. The summed E-state index contributed by atoms with van der Waals surface area (Å²) >= 11 is 0. The number of carboxylic acid groups (broad SMARTS) is 1. The van der Waals surface area contributed by atoms with Crippen LogP contribution in [0.15, 0.2) is 30.5 Å². The number of carbonyl (C=O) groups is 4. The van der Waals surface area contributed by atoms with Crippen LogP contribution >= 0.6 is 0 Å². The van der Waals surface area contributed by atoms with Gasteiger partial charge in [-0.1, -0.05) is 18.2 Å². The van der Waals surface area contributed by atoms with E-state index in [2.05, 4.69) is 15.6 Å². The monoisotopic (exact) mass is 405 g/mol. The van der Waals surface area contributed by atoms with Gasteiger partial charge in [0.15, 0.2) is 0 Å². The summed E-state index contributed by atoms with van der Waals surface area (Å²) in [5, 5.41) is 23.7. The molecule has 9 N–H and O–H groups in total. The van der Waals surface area contributed by atoms with Crippen molar-refractivity contribution in [1.29, 1.82) is 0 Å². The van der Waals surface area contributed by atoms with E-state index in [4.69, 9.17) is 16.6 Å². The number of H-pyrrole nitrogens is 1. The van der Waals surface area contributed by atoms with Crippen LogP contribution in [-0.4, -0.2) is 63.6 Å². The highest BCUT2D eigenvalue weighted by Gasteiger charge is 2.29. The fourth-order valence-corrected chi connectivity index (χ4v) is 2.76. The van der Waals surface area contributed by atoms with Gasteiger partial charge in [0.1, 0.15) is 18.1 Å². The molecule has 0 radical (unpaired) electrons. The van der Waals surface area contributed by atoms with Gasteiger partial charge in [0, 0.05) is 23.5 Å². The van der Waals surface area contributed by atoms with E-state index in [1.165, 1.54) is 0 Å². The molecule has 11 heteroatoms. The molecule has 0 aliphatic carbocycles. The zero-order chi connectivity index (χ0) is 21.6. The highest BCUT2D eigenvalue weighted by molar-refractivity contribution is 5.94. The number of aliphatic hydroxyl groups excluding tert-OH is 1. The quantitative estimate of drug-likeness (QED) is 0.236. The molecule has 2 aromatic rings. The second kappa shape index (κ2) is 9.66. The predicted octanol–water partition coefficient (Wildman–Crippen LogP) is -2.04. The van der Waals surface area contributed by atoms with Crippen LogP contribution in [0, 0.1) is 0 Å². The summed E-state index contributed by atoms with van der Waals surface area (Å²) in [6.07, 6.45) is 1.08. The first-order valence-corrected chi connectivity index (χ1v) is 8.76. The van der Waals surface area contributed by atoms with E-state index in [1.807, 2.05) is 24.3 Å². The van der Waals surface area contributed by atoms with Crippen molar-refractivity contribution < 1.29 is 29.4 Å². The van der Waals surface area contributed by atoms with E-state index in [9.17, 15) is 24.3 Å². The maximum absolute atomic E-state index is 12.7. The van der Waals surface area contributed by atoms with E-state index in [1.54, 1.807) is 6.20 Å². The molecule has 11 nitrogen and oxygen atoms in total. The fraction of sp³-hybridized carbons (Fsp3) is 0.333. The first-order valence-electron chi connectivity index (χ1n) is 8.76. The number of nitrogens with two attached hydrogens (primary N) is 2. The summed E-state index contributed by atoms with van der Waals surface area (Å²) in [5.41, 5.74) is 12.0. The lowest BCUT2D eigenvalue weighted by Crippen LogP contribution is -2.56. The average molecular weight is 405 g/mol. The van der Waals surface area contributed by atoms with Gasteiger partial charge >= 0.3 is 5.97 Å². The van der Waals surface area contributed by atoms with Crippen molar-refractivity contribution in [3.05, 3.63) is 36.0 Å². The van der Waals surface area contributed by atoms with Crippen LogP contribution in [0.2, 0.25) is 0 Å². The molecule has 0 saturated heterocycles. The van der Waals surface area contributed by atoms with Crippen LogP contribution in [0.5, 0.6) is 0 Å². The average Bonchev–Trinajstić information content (AvgIpc) is 3.08. The van der Waals surface area contributed by atoms with Crippen molar-refractivity contribution in [3.63, 3.8) is 0 Å². The molecular formula is C18H23N5O6. The van der Waals surface area contributed by atoms with Gasteiger partial charge in [0.05, 0.1) is 13.0 Å². The largest absolute Gasteiger partial charge is 0.480 e. The standard InChI is InChI=1S/C18H23N5O6/c19-11(8-24)16(26)22-13(17(27)23-14(18(28)29)6-15(20)25)5-9-7-21-12-4-2-1-3-10(9)12/h1-4,7,11,13-14,21,24H,5-6,8,19H2,(H2,20,25)(H,22,26)(H,23,27)(H,28,29). The third kappa shape index (κ3) is 5.77. The number of rotatable bonds is 10. The summed E-state index contributed by atoms with van der Waals surface area (Å²) in [4.78, 5) is 50.2. The van der Waals surface area contributed by atoms with Gasteiger partial charge in [0.25, 0.3) is 0 Å². The highest BCUT2D eigenvalue weighted by atomic mass is 16.4. The molecule has 3 amide bonds. The Morgan fingerprint density at radius 1 is 1.07 bits per heavy atom. The number of hydrogen-bond donors (Lipinski definition) is 7. The van der Waals surface area contributed by atoms with Crippen LogP contribution in [0.1, 0.15) is 12.0 Å². The van der Waals surface area contributed by atoms with Gasteiger partial charge < -0.3 is 37.3 Å². The first kappa shape index (κ1) is 21.9. The summed E-state index contributed by atoms with van der Waals surface area (Å²) in [6, 6.07) is 3.29. The van der Waals surface area contributed by atoms with Gasteiger partial charge in [0.2, 0.25) is 17.7 Å². The van der Waals surface area contributed by atoms with Crippen molar-refractivity contribution in [1.82, 2.24) is 15.6 Å². The Hall–Kier alpha value is -3.44. The summed E-state index contributed by atoms with van der Waals surface area (Å²) in [6.45, 7) is -0.632. The Morgan fingerprint density at radius 3 is 2.34 bits per heavy atom. The first-order chi connectivity index (χ1) is 13.7. The Balaban J connectivity index is 2.26. The lowest BCUT2D eigenvalue weighted by molar-refractivity contribution is -0.143. The van der Waals surface area contributed by atoms with Crippen molar-refractivity contribution >= 4 is 34.6 Å². The van der Waals surface area contributed by atoms with Gasteiger partial charge in [-0.3, -0.25) is 14.4 Å². The minimum absolute atomic E-state index is 0.0165. The SMILES string of the molecule is NC(=O)CC(NC(=O)C(Cc1c[nH]c2ccccc12)NC(=O)C(N)CO)C(=O)O. The third-order valence-corrected chi connectivity index (χ3v) is 4.29. The number of primary amides is 1. The van der Waals surface area contributed by atoms with Crippen molar-refractivity contribution in [2.45, 2.75) is 31.0 Å². The molecule has 29 heavy (non-hydrogen) atoms.